The number of fused-ring (bicyclic) bond motifs is 6. The van der Waals surface area contributed by atoms with Gasteiger partial charge >= 0.3 is 0 Å². The van der Waals surface area contributed by atoms with E-state index in [2.05, 4.69) is 21.2 Å². The molecular weight excluding hydrogens is 488 g/mol. The van der Waals surface area contributed by atoms with Gasteiger partial charge in [0, 0.05) is 47.5 Å². The maximum absolute atomic E-state index is 13.7. The number of hydrogen-bond acceptors (Lipinski definition) is 9. The number of phenolic OH excluding ortho intramolecular Hbond substituents is 1. The van der Waals surface area contributed by atoms with Gasteiger partial charge < -0.3 is 25.6 Å². The van der Waals surface area contributed by atoms with Crippen LogP contribution in [0.5, 0.6) is 11.5 Å². The Kier molecular flexibility index (Phi) is 6.61. The van der Waals surface area contributed by atoms with Crippen molar-refractivity contribution in [1.82, 2.24) is 15.1 Å². The monoisotopic (exact) mass is 524 g/mol. The van der Waals surface area contributed by atoms with Crippen molar-refractivity contribution in [2.45, 2.75) is 63.8 Å². The third-order valence-corrected chi connectivity index (χ3v) is 8.71. The van der Waals surface area contributed by atoms with Crippen LogP contribution < -0.4 is 15.8 Å². The van der Waals surface area contributed by atoms with E-state index in [9.17, 15) is 19.5 Å². The summed E-state index contributed by atoms with van der Waals surface area (Å²) >= 11 is 0. The van der Waals surface area contributed by atoms with E-state index in [1.54, 1.807) is 21.0 Å². The average Bonchev–Trinajstić information content (AvgIpc) is 2.86. The molecule has 1 aliphatic carbocycles. The van der Waals surface area contributed by atoms with Gasteiger partial charge in [-0.1, -0.05) is 6.07 Å². The number of carbonyl (C=O) groups excluding carboxylic acids is 3. The number of benzene rings is 1. The van der Waals surface area contributed by atoms with Gasteiger partial charge in [-0.2, -0.15) is 0 Å². The smallest absolute Gasteiger partial charge is 0.236 e. The first-order valence-corrected chi connectivity index (χ1v) is 13.0. The van der Waals surface area contributed by atoms with Crippen LogP contribution in [0.3, 0.4) is 0 Å². The lowest BCUT2D eigenvalue weighted by atomic mass is 9.71. The van der Waals surface area contributed by atoms with E-state index >= 15 is 0 Å². The number of hydrogen-bond donors (Lipinski definition) is 3. The molecule has 5 atom stereocenters. The SMILES string of the molecule is COC1=C(C)C(=O)C2=C(C1=O)[C@H](CNC(=O)[C@H](C)N)N1C[C@@H]3Cc4cc(C)c(OC)c(O)c4[C@H]([C@H]1C2)N3C. The molecule has 3 aliphatic heterocycles. The average molecular weight is 525 g/mol. The number of allylic oxidation sites excluding steroid dienone is 2. The maximum atomic E-state index is 13.7. The number of methoxy groups -OCH3 is 2. The number of aromatic hydroxyl groups is 1. The largest absolute Gasteiger partial charge is 0.504 e. The first kappa shape index (κ1) is 26.4. The number of phenols is 1. The van der Waals surface area contributed by atoms with Crippen molar-refractivity contribution in [3.8, 4) is 11.5 Å². The van der Waals surface area contributed by atoms with Gasteiger partial charge in [-0.15, -0.1) is 0 Å². The zero-order valence-electron chi connectivity index (χ0n) is 22.8. The van der Waals surface area contributed by atoms with E-state index in [1.807, 2.05) is 14.0 Å². The zero-order valence-corrected chi connectivity index (χ0v) is 22.8. The quantitative estimate of drug-likeness (QED) is 0.480. The Morgan fingerprint density at radius 1 is 1.21 bits per heavy atom. The highest BCUT2D eigenvalue weighted by Crippen LogP contribution is 2.52. The predicted octanol–water partition coefficient (Wildman–Crippen LogP) is 0.896. The third kappa shape index (κ3) is 3.77. The van der Waals surface area contributed by atoms with Gasteiger partial charge in [-0.05, 0) is 51.8 Å². The maximum Gasteiger partial charge on any atom is 0.236 e. The van der Waals surface area contributed by atoms with Crippen LogP contribution in [0.2, 0.25) is 0 Å². The Morgan fingerprint density at radius 2 is 1.92 bits per heavy atom. The molecule has 5 rings (SSSR count). The molecule has 38 heavy (non-hydrogen) atoms. The van der Waals surface area contributed by atoms with Crippen molar-refractivity contribution in [3.05, 3.63) is 45.2 Å². The highest BCUT2D eigenvalue weighted by atomic mass is 16.5. The molecule has 2 bridgehead atoms. The Bertz CT molecular complexity index is 1300. The topological polar surface area (TPSA) is 134 Å². The number of aryl methyl sites for hydroxylation is 1. The molecule has 3 heterocycles. The van der Waals surface area contributed by atoms with Gasteiger partial charge in [0.15, 0.2) is 23.0 Å². The van der Waals surface area contributed by atoms with Crippen molar-refractivity contribution >= 4 is 17.5 Å². The van der Waals surface area contributed by atoms with Gasteiger partial charge in [-0.3, -0.25) is 24.2 Å². The van der Waals surface area contributed by atoms with Crippen LogP contribution in [0.15, 0.2) is 28.5 Å². The molecule has 1 aromatic rings. The van der Waals surface area contributed by atoms with Crippen LogP contribution in [0.4, 0.5) is 0 Å². The molecule has 10 heteroatoms. The molecule has 10 nitrogen and oxygen atoms in total. The molecular formula is C28H36N4O6. The standard InChI is InChI=1S/C28H36N4O6/c1-12-7-15-8-16-11-32-18(22(31(16)4)20(15)24(34)26(12)37-5)9-17-21(19(32)10-30-28(36)14(3)29)25(35)27(38-6)13(2)23(17)33/h7,14,16,18-19,22,34H,8-11,29H2,1-6H3,(H,30,36)/t14-,16-,18+,19-,22-/m0/s1. The van der Waals surface area contributed by atoms with Crippen LogP contribution in [0, 0.1) is 6.92 Å². The van der Waals surface area contributed by atoms with E-state index in [0.29, 0.717) is 36.3 Å². The second-order valence-electron chi connectivity index (χ2n) is 10.8. The first-order valence-electron chi connectivity index (χ1n) is 13.0. The highest BCUT2D eigenvalue weighted by molar-refractivity contribution is 6.25. The molecule has 4 aliphatic rings. The summed E-state index contributed by atoms with van der Waals surface area (Å²) in [5.74, 6) is -0.260. The predicted molar refractivity (Wildman–Crippen MR) is 140 cm³/mol. The van der Waals surface area contributed by atoms with E-state index in [4.69, 9.17) is 15.2 Å². The van der Waals surface area contributed by atoms with Gasteiger partial charge in [0.05, 0.1) is 32.3 Å². The van der Waals surface area contributed by atoms with Gasteiger partial charge in [0.25, 0.3) is 0 Å². The lowest BCUT2D eigenvalue weighted by Gasteiger charge is -2.58. The Morgan fingerprint density at radius 3 is 2.55 bits per heavy atom. The van der Waals surface area contributed by atoms with Crippen LogP contribution in [-0.2, 0) is 25.5 Å². The van der Waals surface area contributed by atoms with E-state index in [1.165, 1.54) is 7.11 Å². The molecule has 1 aromatic carbocycles. The van der Waals surface area contributed by atoms with Crippen LogP contribution in [-0.4, -0.2) is 90.9 Å². The van der Waals surface area contributed by atoms with Crippen molar-refractivity contribution in [1.29, 1.82) is 0 Å². The Balaban J connectivity index is 1.65. The van der Waals surface area contributed by atoms with Crippen molar-refractivity contribution in [2.75, 3.05) is 34.4 Å². The lowest BCUT2D eigenvalue weighted by molar-refractivity contribution is -0.124. The number of piperazine rings is 1. The summed E-state index contributed by atoms with van der Waals surface area (Å²) in [6.07, 6.45) is 1.05. The van der Waals surface area contributed by atoms with Gasteiger partial charge in [-0.25, -0.2) is 0 Å². The van der Waals surface area contributed by atoms with Crippen LogP contribution in [0.25, 0.3) is 0 Å². The molecule has 1 saturated heterocycles. The number of carbonyl (C=O) groups is 3. The first-order chi connectivity index (χ1) is 18.0. The minimum absolute atomic E-state index is 0.0493. The third-order valence-electron chi connectivity index (χ3n) is 8.71. The second-order valence-corrected chi connectivity index (χ2v) is 10.8. The molecule has 204 valence electrons. The fourth-order valence-electron chi connectivity index (χ4n) is 6.89. The number of nitrogens with two attached hydrogens (primary N) is 1. The number of nitrogens with one attached hydrogen (secondary N) is 1. The Hall–Kier alpha value is -3.21. The minimum Gasteiger partial charge on any atom is -0.504 e. The molecule has 0 aromatic heterocycles. The van der Waals surface area contributed by atoms with E-state index in [0.717, 1.165) is 16.7 Å². The fourth-order valence-corrected chi connectivity index (χ4v) is 6.89. The Labute approximate surface area is 222 Å². The number of nitrogens with zero attached hydrogens (tertiary/aromatic N) is 2. The number of likely N-dealkylation sites (N-methyl/N-ethyl adjacent to an activating group) is 1. The summed E-state index contributed by atoms with van der Waals surface area (Å²) < 4.78 is 10.9. The minimum atomic E-state index is -0.713. The van der Waals surface area contributed by atoms with Gasteiger partial charge in [0.1, 0.15) is 0 Å². The molecule has 0 saturated carbocycles. The lowest BCUT2D eigenvalue weighted by Crippen LogP contribution is -2.67. The highest BCUT2D eigenvalue weighted by Gasteiger charge is 2.54. The summed E-state index contributed by atoms with van der Waals surface area (Å²) in [5, 5.41) is 14.3. The van der Waals surface area contributed by atoms with Crippen molar-refractivity contribution < 1.29 is 29.0 Å². The summed E-state index contributed by atoms with van der Waals surface area (Å²) in [6, 6.07) is 0.461. The molecule has 0 spiro atoms. The number of Topliss-reactive ketones (excluding diaryl/α,β-unsaturated/α-hetero) is 2. The fraction of sp³-hybridized carbons (Fsp3) is 0.536. The van der Waals surface area contributed by atoms with Crippen LogP contribution >= 0.6 is 0 Å². The van der Waals surface area contributed by atoms with E-state index < -0.39 is 12.1 Å². The molecule has 0 unspecified atom stereocenters. The summed E-state index contributed by atoms with van der Waals surface area (Å²) in [4.78, 5) is 44.2. The van der Waals surface area contributed by atoms with Gasteiger partial charge in [0.2, 0.25) is 11.7 Å². The van der Waals surface area contributed by atoms with Crippen molar-refractivity contribution in [3.63, 3.8) is 0 Å². The molecule has 0 radical (unpaired) electrons. The normalized spacial score (nSPS) is 28.0. The zero-order chi connectivity index (χ0) is 27.6. The summed E-state index contributed by atoms with van der Waals surface area (Å²) in [6.45, 7) is 5.89. The van der Waals surface area contributed by atoms with Crippen LogP contribution in [0.1, 0.15) is 43.0 Å². The molecule has 1 fully saturated rings. The molecule has 4 N–H and O–H groups in total. The van der Waals surface area contributed by atoms with Crippen molar-refractivity contribution in [2.24, 2.45) is 5.73 Å². The molecule has 1 amide bonds. The number of rotatable bonds is 5. The number of ketones is 2. The number of ether oxygens (including phenoxy) is 2. The second kappa shape index (κ2) is 9.52. The summed E-state index contributed by atoms with van der Waals surface area (Å²) in [7, 11) is 4.98. The van der Waals surface area contributed by atoms with E-state index in [-0.39, 0.29) is 59.2 Å². The number of amides is 1. The summed E-state index contributed by atoms with van der Waals surface area (Å²) in [5.41, 5.74) is 9.65.